The van der Waals surface area contributed by atoms with Crippen molar-refractivity contribution in [2.24, 2.45) is 0 Å². The summed E-state index contributed by atoms with van der Waals surface area (Å²) < 4.78 is 13.6. The second-order valence-electron chi connectivity index (χ2n) is 5.46. The van der Waals surface area contributed by atoms with E-state index in [-0.39, 0.29) is 22.7 Å². The van der Waals surface area contributed by atoms with E-state index in [4.69, 9.17) is 0 Å². The molecule has 2 amide bonds. The number of carbonyl (C=O) groups excluding carboxylic acids is 2. The van der Waals surface area contributed by atoms with Crippen LogP contribution >= 0.6 is 0 Å². The van der Waals surface area contributed by atoms with E-state index in [0.29, 0.717) is 13.1 Å². The molecule has 0 unspecified atom stereocenters. The van der Waals surface area contributed by atoms with E-state index < -0.39 is 11.7 Å². The lowest BCUT2D eigenvalue weighted by Crippen LogP contribution is -2.31. The monoisotopic (exact) mass is 330 g/mol. The average Bonchev–Trinajstić information content (AvgIpc) is 2.56. The first-order chi connectivity index (χ1) is 11.5. The van der Waals surface area contributed by atoms with Crippen LogP contribution in [0.1, 0.15) is 20.7 Å². The molecule has 2 aromatic rings. The fourth-order valence-electron chi connectivity index (χ4n) is 1.94. The molecule has 2 N–H and O–H groups in total. The first-order valence-electron chi connectivity index (χ1n) is 7.41. The molecular formula is C17H19FN4O2. The highest BCUT2D eigenvalue weighted by Gasteiger charge is 2.13. The van der Waals surface area contributed by atoms with Crippen molar-refractivity contribution in [3.8, 4) is 0 Å². The van der Waals surface area contributed by atoms with Gasteiger partial charge in [-0.2, -0.15) is 0 Å². The Morgan fingerprint density at radius 3 is 2.46 bits per heavy atom. The number of nitrogens with one attached hydrogen (secondary N) is 2. The van der Waals surface area contributed by atoms with Gasteiger partial charge < -0.3 is 15.5 Å². The molecule has 0 aliphatic rings. The summed E-state index contributed by atoms with van der Waals surface area (Å²) in [7, 11) is 3.81. The number of carbonyl (C=O) groups is 2. The molecule has 0 atom stereocenters. The number of para-hydroxylation sites is 1. The Morgan fingerprint density at radius 2 is 1.79 bits per heavy atom. The van der Waals surface area contributed by atoms with Crippen LogP contribution in [0.4, 0.5) is 10.1 Å². The summed E-state index contributed by atoms with van der Waals surface area (Å²) in [5, 5.41) is 5.20. The van der Waals surface area contributed by atoms with Crippen LogP contribution in [-0.4, -0.2) is 48.9 Å². The van der Waals surface area contributed by atoms with Gasteiger partial charge in [-0.25, -0.2) is 4.39 Å². The normalized spacial score (nSPS) is 10.5. The van der Waals surface area contributed by atoms with Gasteiger partial charge in [0.25, 0.3) is 11.8 Å². The highest BCUT2D eigenvalue weighted by molar-refractivity contribution is 6.05. The molecule has 7 heteroatoms. The number of amides is 2. The number of anilines is 1. The van der Waals surface area contributed by atoms with Crippen molar-refractivity contribution in [2.45, 2.75) is 0 Å². The van der Waals surface area contributed by atoms with Crippen LogP contribution < -0.4 is 10.6 Å². The molecule has 1 aromatic carbocycles. The molecular weight excluding hydrogens is 311 g/mol. The van der Waals surface area contributed by atoms with Gasteiger partial charge in [-0.1, -0.05) is 12.1 Å². The number of aromatic nitrogens is 1. The summed E-state index contributed by atoms with van der Waals surface area (Å²) in [4.78, 5) is 30.1. The van der Waals surface area contributed by atoms with Gasteiger partial charge in [-0.15, -0.1) is 0 Å². The third kappa shape index (κ3) is 4.85. The minimum Gasteiger partial charge on any atom is -0.351 e. The predicted molar refractivity (Wildman–Crippen MR) is 89.5 cm³/mol. The second-order valence-corrected chi connectivity index (χ2v) is 5.46. The number of hydrogen-bond donors (Lipinski definition) is 2. The van der Waals surface area contributed by atoms with Crippen LogP contribution in [0.15, 0.2) is 42.7 Å². The van der Waals surface area contributed by atoms with E-state index in [1.54, 1.807) is 6.07 Å². The standard InChI is InChI=1S/C17H19FN4O2/c1-22(2)8-7-20-16(23)12-9-13(11-19-10-12)17(24)21-15-6-4-3-5-14(15)18/h3-6,9-11H,7-8H2,1-2H3,(H,20,23)(H,21,24). The van der Waals surface area contributed by atoms with Gasteiger partial charge >= 0.3 is 0 Å². The van der Waals surface area contributed by atoms with E-state index in [9.17, 15) is 14.0 Å². The SMILES string of the molecule is CN(C)CCNC(=O)c1cncc(C(=O)Nc2ccccc2F)c1. The zero-order valence-corrected chi connectivity index (χ0v) is 13.5. The molecule has 0 saturated heterocycles. The third-order valence-corrected chi connectivity index (χ3v) is 3.23. The molecule has 24 heavy (non-hydrogen) atoms. The van der Waals surface area contributed by atoms with Crippen molar-refractivity contribution in [1.29, 1.82) is 0 Å². The van der Waals surface area contributed by atoms with E-state index in [1.807, 2.05) is 19.0 Å². The highest BCUT2D eigenvalue weighted by atomic mass is 19.1. The molecule has 0 aliphatic carbocycles. The van der Waals surface area contributed by atoms with Gasteiger partial charge in [-0.05, 0) is 32.3 Å². The second kappa shape index (κ2) is 8.16. The van der Waals surface area contributed by atoms with Crippen molar-refractivity contribution in [2.75, 3.05) is 32.5 Å². The minimum atomic E-state index is -0.532. The fraction of sp³-hybridized carbons (Fsp3) is 0.235. The zero-order chi connectivity index (χ0) is 17.5. The van der Waals surface area contributed by atoms with E-state index in [0.717, 1.165) is 0 Å². The quantitative estimate of drug-likeness (QED) is 0.846. The van der Waals surface area contributed by atoms with Crippen LogP contribution in [0.5, 0.6) is 0 Å². The number of nitrogens with zero attached hydrogens (tertiary/aromatic N) is 2. The number of rotatable bonds is 6. The van der Waals surface area contributed by atoms with Gasteiger partial charge in [0.15, 0.2) is 0 Å². The Bertz CT molecular complexity index is 734. The molecule has 0 saturated carbocycles. The minimum absolute atomic E-state index is 0.0725. The number of pyridine rings is 1. The van der Waals surface area contributed by atoms with Crippen LogP contribution in [-0.2, 0) is 0 Å². The van der Waals surface area contributed by atoms with Gasteiger partial charge in [0.05, 0.1) is 16.8 Å². The predicted octanol–water partition coefficient (Wildman–Crippen LogP) is 1.76. The molecule has 0 bridgehead atoms. The largest absolute Gasteiger partial charge is 0.351 e. The molecule has 1 heterocycles. The van der Waals surface area contributed by atoms with Crippen molar-refractivity contribution in [1.82, 2.24) is 15.2 Å². The molecule has 0 fully saturated rings. The Labute approximate surface area is 139 Å². The molecule has 1 aromatic heterocycles. The lowest BCUT2D eigenvalue weighted by molar-refractivity contribution is 0.0950. The highest BCUT2D eigenvalue weighted by Crippen LogP contribution is 2.14. The van der Waals surface area contributed by atoms with Crippen molar-refractivity contribution < 1.29 is 14.0 Å². The van der Waals surface area contributed by atoms with Crippen LogP contribution in [0, 0.1) is 5.82 Å². The van der Waals surface area contributed by atoms with E-state index >= 15 is 0 Å². The summed E-state index contributed by atoms with van der Waals surface area (Å²) in [6.07, 6.45) is 2.71. The third-order valence-electron chi connectivity index (χ3n) is 3.23. The first kappa shape index (κ1) is 17.6. The topological polar surface area (TPSA) is 74.3 Å². The first-order valence-corrected chi connectivity index (χ1v) is 7.41. The smallest absolute Gasteiger partial charge is 0.257 e. The molecule has 0 spiro atoms. The average molecular weight is 330 g/mol. The van der Waals surface area contributed by atoms with Gasteiger partial charge in [0.1, 0.15) is 5.82 Å². The van der Waals surface area contributed by atoms with Crippen molar-refractivity contribution in [3.05, 3.63) is 59.7 Å². The molecule has 0 radical (unpaired) electrons. The summed E-state index contributed by atoms with van der Waals surface area (Å²) in [6, 6.07) is 7.28. The van der Waals surface area contributed by atoms with E-state index in [2.05, 4.69) is 15.6 Å². The van der Waals surface area contributed by atoms with Crippen LogP contribution in [0.2, 0.25) is 0 Å². The van der Waals surface area contributed by atoms with E-state index in [1.165, 1.54) is 36.7 Å². The summed E-state index contributed by atoms with van der Waals surface area (Å²) in [6.45, 7) is 1.18. The lowest BCUT2D eigenvalue weighted by Gasteiger charge is -2.11. The van der Waals surface area contributed by atoms with Crippen LogP contribution in [0.25, 0.3) is 0 Å². The maximum Gasteiger partial charge on any atom is 0.257 e. The maximum atomic E-state index is 13.6. The number of likely N-dealkylation sites (N-methyl/N-ethyl adjacent to an activating group) is 1. The van der Waals surface area contributed by atoms with Gasteiger partial charge in [0.2, 0.25) is 0 Å². The molecule has 126 valence electrons. The van der Waals surface area contributed by atoms with Crippen molar-refractivity contribution >= 4 is 17.5 Å². The summed E-state index contributed by atoms with van der Waals surface area (Å²) in [5.41, 5.74) is 0.525. The molecule has 0 aliphatic heterocycles. The number of halogens is 1. The molecule has 2 rings (SSSR count). The van der Waals surface area contributed by atoms with Gasteiger partial charge in [-0.3, -0.25) is 14.6 Å². The molecule has 6 nitrogen and oxygen atoms in total. The number of benzene rings is 1. The Hall–Kier alpha value is -2.80. The summed E-state index contributed by atoms with van der Waals surface area (Å²) >= 11 is 0. The number of hydrogen-bond acceptors (Lipinski definition) is 4. The van der Waals surface area contributed by atoms with Gasteiger partial charge in [0, 0.05) is 25.5 Å². The Kier molecular flexibility index (Phi) is 5.97. The Balaban J connectivity index is 2.05. The fourth-order valence-corrected chi connectivity index (χ4v) is 1.94. The maximum absolute atomic E-state index is 13.6. The lowest BCUT2D eigenvalue weighted by atomic mass is 10.2. The summed E-state index contributed by atoms with van der Waals surface area (Å²) in [5.74, 6) is -1.38. The van der Waals surface area contributed by atoms with Crippen LogP contribution in [0.3, 0.4) is 0 Å². The zero-order valence-electron chi connectivity index (χ0n) is 13.5. The van der Waals surface area contributed by atoms with Crippen molar-refractivity contribution in [3.63, 3.8) is 0 Å². The Morgan fingerprint density at radius 1 is 1.12 bits per heavy atom.